The molecule has 1 aromatic carbocycles. The lowest BCUT2D eigenvalue weighted by Gasteiger charge is -2.38. The van der Waals surface area contributed by atoms with Crippen molar-refractivity contribution in [3.05, 3.63) is 46.5 Å². The van der Waals surface area contributed by atoms with Gasteiger partial charge >= 0.3 is 6.09 Å². The molecular weight excluding hydrogens is 554 g/mol. The normalized spacial score (nSPS) is 23.9. The van der Waals surface area contributed by atoms with Gasteiger partial charge in [0.2, 0.25) is 0 Å². The molecule has 0 saturated carbocycles. The van der Waals surface area contributed by atoms with Crippen molar-refractivity contribution in [3.8, 4) is 5.75 Å². The lowest BCUT2D eigenvalue weighted by molar-refractivity contribution is -0.0788. The third-order valence-corrected chi connectivity index (χ3v) is 9.28. The number of aryl methyl sites for hydroxylation is 1. The Labute approximate surface area is 249 Å². The number of nitrogen functional groups attached to an aromatic ring is 1. The maximum absolute atomic E-state index is 13.1. The number of hydrogen-bond donors (Lipinski definition) is 3. The SMILES string of the molecule is Cc1ccc2c(N)c(C(=O)N[C@H]3COc4cc(N5C[C@@H](NC(=O)OC(C)(C)C)[C@]6(CCCCO6)C5)ccc4C3)sc2n1. The number of anilines is 2. The van der Waals surface area contributed by atoms with Gasteiger partial charge in [-0.05, 0) is 77.1 Å². The van der Waals surface area contributed by atoms with Gasteiger partial charge in [0.05, 0.1) is 17.8 Å². The van der Waals surface area contributed by atoms with Crippen LogP contribution in [0.15, 0.2) is 30.3 Å². The Balaban J connectivity index is 1.13. The highest BCUT2D eigenvalue weighted by Gasteiger charge is 2.50. The molecule has 2 fully saturated rings. The summed E-state index contributed by atoms with van der Waals surface area (Å²) >= 11 is 1.31. The first-order chi connectivity index (χ1) is 20.0. The molecule has 2 amide bonds. The molecule has 3 aliphatic heterocycles. The summed E-state index contributed by atoms with van der Waals surface area (Å²) in [6.45, 7) is 9.84. The molecule has 3 aromatic rings. The first-order valence-corrected chi connectivity index (χ1v) is 15.4. The van der Waals surface area contributed by atoms with Crippen LogP contribution in [0.5, 0.6) is 5.75 Å². The van der Waals surface area contributed by atoms with Crippen molar-refractivity contribution in [2.24, 2.45) is 0 Å². The molecule has 4 N–H and O–H groups in total. The highest BCUT2D eigenvalue weighted by molar-refractivity contribution is 7.21. The molecule has 2 aromatic heterocycles. The standard InChI is InChI=1S/C31H39N5O5S/c1-18-7-10-22-25(32)26(42-28(22)33-18)27(37)34-20-13-19-8-9-21(14-23(19)39-16-20)36-15-24(35-29(38)41-30(2,3)4)31(17-36)11-5-6-12-40-31/h7-10,14,20,24H,5-6,11-13,15-17,32H2,1-4H3,(H,34,37)(H,35,38)/t20-,24-,31+/m1/s1. The van der Waals surface area contributed by atoms with Gasteiger partial charge in [0.25, 0.3) is 5.91 Å². The number of amides is 2. The van der Waals surface area contributed by atoms with Crippen LogP contribution >= 0.6 is 11.3 Å². The average molecular weight is 594 g/mol. The zero-order valence-electron chi connectivity index (χ0n) is 24.6. The van der Waals surface area contributed by atoms with E-state index in [2.05, 4.69) is 38.7 Å². The van der Waals surface area contributed by atoms with Crippen LogP contribution in [0, 0.1) is 6.92 Å². The summed E-state index contributed by atoms with van der Waals surface area (Å²) in [5.74, 6) is 0.599. The van der Waals surface area contributed by atoms with Crippen molar-refractivity contribution in [2.45, 2.75) is 76.7 Å². The van der Waals surface area contributed by atoms with Gasteiger partial charge in [-0.2, -0.15) is 0 Å². The quantitative estimate of drug-likeness (QED) is 0.401. The Morgan fingerprint density at radius 1 is 1.19 bits per heavy atom. The van der Waals surface area contributed by atoms with Gasteiger partial charge in [-0.3, -0.25) is 4.79 Å². The minimum Gasteiger partial charge on any atom is -0.491 e. The molecule has 2 saturated heterocycles. The number of ether oxygens (including phenoxy) is 3. The molecule has 6 rings (SSSR count). The zero-order valence-corrected chi connectivity index (χ0v) is 25.4. The minimum absolute atomic E-state index is 0.178. The van der Waals surface area contributed by atoms with Gasteiger partial charge in [-0.25, -0.2) is 9.78 Å². The van der Waals surface area contributed by atoms with Crippen molar-refractivity contribution in [3.63, 3.8) is 0 Å². The molecule has 3 aliphatic rings. The molecule has 3 atom stereocenters. The van der Waals surface area contributed by atoms with Crippen LogP contribution in [0.2, 0.25) is 0 Å². The lowest BCUT2D eigenvalue weighted by Crippen LogP contribution is -2.55. The Hall–Kier alpha value is -3.57. The number of thiophene rings is 1. The monoisotopic (exact) mass is 593 g/mol. The summed E-state index contributed by atoms with van der Waals surface area (Å²) < 4.78 is 18.1. The van der Waals surface area contributed by atoms with Gasteiger partial charge < -0.3 is 35.5 Å². The van der Waals surface area contributed by atoms with E-state index < -0.39 is 17.3 Å². The first kappa shape index (κ1) is 28.5. The highest BCUT2D eigenvalue weighted by atomic mass is 32.1. The first-order valence-electron chi connectivity index (χ1n) is 14.6. The smallest absolute Gasteiger partial charge is 0.408 e. The Bertz CT molecular complexity index is 1510. The van der Waals surface area contributed by atoms with Crippen molar-refractivity contribution in [1.82, 2.24) is 15.6 Å². The van der Waals surface area contributed by atoms with E-state index in [0.29, 0.717) is 43.3 Å². The second-order valence-corrected chi connectivity index (χ2v) is 13.6. The van der Waals surface area contributed by atoms with Crippen LogP contribution in [-0.2, 0) is 15.9 Å². The average Bonchev–Trinajstić information content (AvgIpc) is 3.44. The summed E-state index contributed by atoms with van der Waals surface area (Å²) in [5.41, 5.74) is 8.67. The summed E-state index contributed by atoms with van der Waals surface area (Å²) in [7, 11) is 0. The predicted molar refractivity (Wildman–Crippen MR) is 164 cm³/mol. The molecule has 0 unspecified atom stereocenters. The Morgan fingerprint density at radius 2 is 2.02 bits per heavy atom. The number of nitrogens with one attached hydrogen (secondary N) is 2. The number of nitrogens with zero attached hydrogens (tertiary/aromatic N) is 2. The van der Waals surface area contributed by atoms with Gasteiger partial charge in [-0.15, -0.1) is 11.3 Å². The molecule has 0 aliphatic carbocycles. The maximum atomic E-state index is 13.1. The van der Waals surface area contributed by atoms with Crippen LogP contribution in [-0.4, -0.2) is 66.6 Å². The number of benzene rings is 1. The molecule has 0 bridgehead atoms. The largest absolute Gasteiger partial charge is 0.491 e. The lowest BCUT2D eigenvalue weighted by atomic mass is 9.89. The summed E-state index contributed by atoms with van der Waals surface area (Å²) in [4.78, 5) is 33.8. The molecule has 11 heteroatoms. The summed E-state index contributed by atoms with van der Waals surface area (Å²) in [6.07, 6.45) is 3.20. The van der Waals surface area contributed by atoms with Crippen LogP contribution < -0.4 is 26.0 Å². The third kappa shape index (κ3) is 5.72. The number of rotatable bonds is 4. The van der Waals surface area contributed by atoms with E-state index in [9.17, 15) is 9.59 Å². The Kier molecular flexibility index (Phi) is 7.43. The van der Waals surface area contributed by atoms with Gasteiger partial charge in [0, 0.05) is 42.5 Å². The van der Waals surface area contributed by atoms with Gasteiger partial charge in [0.1, 0.15) is 33.3 Å². The van der Waals surface area contributed by atoms with Crippen LogP contribution in [0.25, 0.3) is 10.2 Å². The molecule has 1 spiro atoms. The van der Waals surface area contributed by atoms with Crippen molar-refractivity contribution >= 4 is 44.9 Å². The molecule has 0 radical (unpaired) electrons. The molecule has 10 nitrogen and oxygen atoms in total. The van der Waals surface area contributed by atoms with Crippen LogP contribution in [0.3, 0.4) is 0 Å². The van der Waals surface area contributed by atoms with E-state index in [-0.39, 0.29) is 18.0 Å². The van der Waals surface area contributed by atoms with E-state index >= 15 is 0 Å². The fraction of sp³-hybridized carbons (Fsp3) is 0.516. The molecular formula is C31H39N5O5S. The summed E-state index contributed by atoms with van der Waals surface area (Å²) in [6, 6.07) is 9.64. The number of nitrogens with two attached hydrogens (primary N) is 1. The number of carbonyl (C=O) groups excluding carboxylic acids is 2. The van der Waals surface area contributed by atoms with E-state index in [4.69, 9.17) is 19.9 Å². The number of carbonyl (C=O) groups is 2. The predicted octanol–water partition coefficient (Wildman–Crippen LogP) is 4.57. The number of fused-ring (bicyclic) bond motifs is 2. The molecule has 5 heterocycles. The van der Waals surface area contributed by atoms with E-state index in [1.54, 1.807) is 0 Å². The van der Waals surface area contributed by atoms with E-state index in [1.165, 1.54) is 11.3 Å². The summed E-state index contributed by atoms with van der Waals surface area (Å²) in [5, 5.41) is 7.00. The van der Waals surface area contributed by atoms with Gasteiger partial charge in [0.15, 0.2) is 0 Å². The fourth-order valence-corrected chi connectivity index (χ4v) is 7.18. The highest BCUT2D eigenvalue weighted by Crippen LogP contribution is 2.39. The maximum Gasteiger partial charge on any atom is 0.408 e. The van der Waals surface area contributed by atoms with Crippen molar-refractivity contribution in [2.75, 3.05) is 36.9 Å². The number of alkyl carbamates (subject to hydrolysis) is 1. The number of pyridine rings is 1. The van der Waals surface area contributed by atoms with E-state index in [0.717, 1.165) is 52.2 Å². The molecule has 224 valence electrons. The second kappa shape index (κ2) is 10.9. The van der Waals surface area contributed by atoms with Crippen LogP contribution in [0.4, 0.5) is 16.2 Å². The topological polar surface area (TPSA) is 128 Å². The van der Waals surface area contributed by atoms with Gasteiger partial charge in [-0.1, -0.05) is 6.07 Å². The minimum atomic E-state index is -0.572. The van der Waals surface area contributed by atoms with Crippen molar-refractivity contribution < 1.29 is 23.8 Å². The third-order valence-electron chi connectivity index (χ3n) is 8.17. The number of hydrogen-bond acceptors (Lipinski definition) is 9. The fourth-order valence-electron chi connectivity index (χ4n) is 6.14. The van der Waals surface area contributed by atoms with Crippen molar-refractivity contribution in [1.29, 1.82) is 0 Å². The van der Waals surface area contributed by atoms with Crippen LogP contribution in [0.1, 0.15) is 61.0 Å². The molecule has 42 heavy (non-hydrogen) atoms. The second-order valence-electron chi connectivity index (χ2n) is 12.6. The number of aromatic nitrogens is 1. The van der Waals surface area contributed by atoms with E-state index in [1.807, 2.05) is 39.8 Å². The Morgan fingerprint density at radius 3 is 2.79 bits per heavy atom. The zero-order chi connectivity index (χ0) is 29.6.